The van der Waals surface area contributed by atoms with Gasteiger partial charge in [-0.15, -0.1) is 0 Å². The van der Waals surface area contributed by atoms with Crippen molar-refractivity contribution in [3.8, 4) is 0 Å². The number of hydrogen-bond acceptors (Lipinski definition) is 7. The minimum absolute atomic E-state index is 0.251. The van der Waals surface area contributed by atoms with Gasteiger partial charge in [-0.05, 0) is 43.7 Å². The van der Waals surface area contributed by atoms with Gasteiger partial charge in [0, 0.05) is 42.3 Å². The standard InChI is InChI=1S/C27H23F2N9O/c1-14-4-6-17(32-26-34-21-9-19(28)20(29)10-22(21)35-26)8-23(14)38-13-16-11-31-25(36-24(16)37(3)27(38)39)33-18-7-5-15(2)30-12-18/h4-12H,13H2,1-3H3,(H,31,33,36)(H2,32,34,35). The van der Waals surface area contributed by atoms with Crippen molar-refractivity contribution >= 4 is 51.8 Å². The maximum absolute atomic E-state index is 13.6. The monoisotopic (exact) mass is 527 g/mol. The molecule has 0 unspecified atom stereocenters. The lowest BCUT2D eigenvalue weighted by atomic mass is 10.1. The van der Waals surface area contributed by atoms with Gasteiger partial charge in [-0.2, -0.15) is 4.98 Å². The van der Waals surface area contributed by atoms with E-state index in [1.165, 1.54) is 4.90 Å². The summed E-state index contributed by atoms with van der Waals surface area (Å²) >= 11 is 0. The van der Waals surface area contributed by atoms with Crippen molar-refractivity contribution in [3.05, 3.63) is 83.3 Å². The van der Waals surface area contributed by atoms with Gasteiger partial charge in [0.15, 0.2) is 11.6 Å². The molecule has 12 heteroatoms. The predicted molar refractivity (Wildman–Crippen MR) is 145 cm³/mol. The predicted octanol–water partition coefficient (Wildman–Crippen LogP) is 5.71. The highest BCUT2D eigenvalue weighted by atomic mass is 19.2. The van der Waals surface area contributed by atoms with Gasteiger partial charge >= 0.3 is 6.03 Å². The third-order valence-electron chi connectivity index (χ3n) is 6.46. The van der Waals surface area contributed by atoms with E-state index in [4.69, 9.17) is 0 Å². The van der Waals surface area contributed by atoms with E-state index in [1.54, 1.807) is 24.3 Å². The molecule has 196 valence electrons. The van der Waals surface area contributed by atoms with Crippen molar-refractivity contribution in [1.29, 1.82) is 0 Å². The fraction of sp³-hybridized carbons (Fsp3) is 0.148. The highest BCUT2D eigenvalue weighted by molar-refractivity contribution is 6.05. The summed E-state index contributed by atoms with van der Waals surface area (Å²) in [5.41, 5.74) is 5.28. The number of aromatic amines is 1. The molecule has 10 nitrogen and oxygen atoms in total. The molecule has 3 aromatic heterocycles. The number of carbonyl (C=O) groups excluding carboxylic acids is 1. The number of aryl methyl sites for hydroxylation is 2. The Labute approximate surface area is 221 Å². The van der Waals surface area contributed by atoms with Crippen LogP contribution < -0.4 is 20.4 Å². The normalized spacial score (nSPS) is 13.1. The zero-order chi connectivity index (χ0) is 27.3. The molecule has 0 aliphatic carbocycles. The van der Waals surface area contributed by atoms with E-state index in [2.05, 4.69) is 35.6 Å². The smallest absolute Gasteiger partial charge is 0.326 e. The van der Waals surface area contributed by atoms with Gasteiger partial charge in [0.25, 0.3) is 0 Å². The minimum atomic E-state index is -0.967. The van der Waals surface area contributed by atoms with Gasteiger partial charge < -0.3 is 15.6 Å². The highest BCUT2D eigenvalue weighted by Crippen LogP contribution is 2.34. The molecule has 3 N–H and O–H groups in total. The molecule has 0 spiro atoms. The van der Waals surface area contributed by atoms with Crippen molar-refractivity contribution in [1.82, 2.24) is 24.9 Å². The van der Waals surface area contributed by atoms with Gasteiger partial charge in [-0.1, -0.05) is 6.07 Å². The number of nitrogens with one attached hydrogen (secondary N) is 3. The minimum Gasteiger partial charge on any atom is -0.326 e. The van der Waals surface area contributed by atoms with Gasteiger partial charge in [0.05, 0.1) is 35.1 Å². The quantitative estimate of drug-likeness (QED) is 0.268. The SMILES string of the molecule is Cc1ccc(Nc2ncc3c(n2)N(C)C(=O)N(c2cc(Nc4nc5cc(F)c(F)cc5[nH]4)ccc2C)C3)cn1. The van der Waals surface area contributed by atoms with Crippen LogP contribution in [0.25, 0.3) is 11.0 Å². The molecule has 2 aromatic carbocycles. The molecule has 0 saturated carbocycles. The maximum Gasteiger partial charge on any atom is 0.330 e. The van der Waals surface area contributed by atoms with E-state index in [0.717, 1.165) is 34.6 Å². The second kappa shape index (κ2) is 9.31. The van der Waals surface area contributed by atoms with Crippen LogP contribution in [0.3, 0.4) is 0 Å². The van der Waals surface area contributed by atoms with Crippen molar-refractivity contribution < 1.29 is 13.6 Å². The van der Waals surface area contributed by atoms with Crippen LogP contribution in [0, 0.1) is 25.5 Å². The van der Waals surface area contributed by atoms with Gasteiger partial charge in [0.2, 0.25) is 11.9 Å². The number of rotatable bonds is 5. The Bertz CT molecular complexity index is 1700. The highest BCUT2D eigenvalue weighted by Gasteiger charge is 2.31. The number of halogens is 2. The Morgan fingerprint density at radius 3 is 2.51 bits per heavy atom. The number of amides is 2. The molecule has 6 rings (SSSR count). The molecule has 39 heavy (non-hydrogen) atoms. The number of pyridine rings is 1. The van der Waals surface area contributed by atoms with Crippen LogP contribution in [0.15, 0.2) is 54.9 Å². The molecule has 1 aliphatic heterocycles. The molecule has 0 radical (unpaired) electrons. The first kappa shape index (κ1) is 24.2. The molecular formula is C27H23F2N9O. The second-order valence-electron chi connectivity index (χ2n) is 9.28. The van der Waals surface area contributed by atoms with Crippen LogP contribution in [-0.4, -0.2) is 38.0 Å². The van der Waals surface area contributed by atoms with E-state index < -0.39 is 11.6 Å². The molecule has 0 fully saturated rings. The Morgan fingerprint density at radius 1 is 0.923 bits per heavy atom. The van der Waals surface area contributed by atoms with Crippen molar-refractivity contribution in [2.75, 3.05) is 27.5 Å². The fourth-order valence-electron chi connectivity index (χ4n) is 4.41. The van der Waals surface area contributed by atoms with Crippen LogP contribution in [-0.2, 0) is 6.54 Å². The van der Waals surface area contributed by atoms with Gasteiger partial charge in [0.1, 0.15) is 5.82 Å². The number of imidazole rings is 1. The van der Waals surface area contributed by atoms with Crippen LogP contribution in [0.2, 0.25) is 0 Å². The number of urea groups is 1. The Balaban J connectivity index is 1.26. The first-order valence-electron chi connectivity index (χ1n) is 12.1. The van der Waals surface area contributed by atoms with E-state index in [9.17, 15) is 13.6 Å². The first-order valence-corrected chi connectivity index (χ1v) is 12.1. The molecule has 5 aromatic rings. The topological polar surface area (TPSA) is 115 Å². The molecule has 1 aliphatic rings. The molecule has 0 atom stereocenters. The largest absolute Gasteiger partial charge is 0.330 e. The zero-order valence-corrected chi connectivity index (χ0v) is 21.3. The lowest BCUT2D eigenvalue weighted by Crippen LogP contribution is -2.46. The number of nitrogens with zero attached hydrogens (tertiary/aromatic N) is 6. The number of fused-ring (bicyclic) bond motifs is 2. The summed E-state index contributed by atoms with van der Waals surface area (Å²) in [7, 11) is 1.67. The third-order valence-corrected chi connectivity index (χ3v) is 6.46. The molecule has 0 bridgehead atoms. The molecule has 2 amide bonds. The number of hydrogen-bond donors (Lipinski definition) is 3. The second-order valence-corrected chi connectivity index (χ2v) is 9.28. The van der Waals surface area contributed by atoms with Crippen LogP contribution in [0.1, 0.15) is 16.8 Å². The van der Waals surface area contributed by atoms with E-state index >= 15 is 0 Å². The summed E-state index contributed by atoms with van der Waals surface area (Å²) in [4.78, 5) is 37.1. The number of aromatic nitrogens is 5. The summed E-state index contributed by atoms with van der Waals surface area (Å²) in [6.07, 6.45) is 3.40. The molecule has 0 saturated heterocycles. The zero-order valence-electron chi connectivity index (χ0n) is 21.3. The van der Waals surface area contributed by atoms with E-state index in [0.29, 0.717) is 40.1 Å². The Kier molecular flexibility index (Phi) is 5.78. The van der Waals surface area contributed by atoms with Gasteiger partial charge in [-0.25, -0.2) is 23.5 Å². The third kappa shape index (κ3) is 4.56. The van der Waals surface area contributed by atoms with E-state index in [1.807, 2.05) is 44.2 Å². The summed E-state index contributed by atoms with van der Waals surface area (Å²) in [5.74, 6) is -0.731. The molecular weight excluding hydrogens is 504 g/mol. The molecule has 4 heterocycles. The Hall–Kier alpha value is -5.13. The first-order chi connectivity index (χ1) is 18.7. The van der Waals surface area contributed by atoms with Crippen molar-refractivity contribution in [2.45, 2.75) is 20.4 Å². The summed E-state index contributed by atoms with van der Waals surface area (Å²) in [6, 6.07) is 11.1. The van der Waals surface area contributed by atoms with Gasteiger partial charge in [-0.3, -0.25) is 14.8 Å². The number of anilines is 6. The lowest BCUT2D eigenvalue weighted by Gasteiger charge is -2.35. The van der Waals surface area contributed by atoms with E-state index in [-0.39, 0.29) is 12.6 Å². The van der Waals surface area contributed by atoms with Crippen LogP contribution in [0.5, 0.6) is 0 Å². The van der Waals surface area contributed by atoms with Crippen molar-refractivity contribution in [3.63, 3.8) is 0 Å². The average molecular weight is 528 g/mol. The number of H-pyrrole nitrogens is 1. The summed E-state index contributed by atoms with van der Waals surface area (Å²) in [5, 5.41) is 6.24. The van der Waals surface area contributed by atoms with Crippen LogP contribution >= 0.6 is 0 Å². The average Bonchev–Trinajstić information content (AvgIpc) is 3.30. The summed E-state index contributed by atoms with van der Waals surface area (Å²) in [6.45, 7) is 4.09. The Morgan fingerprint density at radius 2 is 1.72 bits per heavy atom. The fourth-order valence-corrected chi connectivity index (χ4v) is 4.41. The summed E-state index contributed by atoms with van der Waals surface area (Å²) < 4.78 is 27.2. The lowest BCUT2D eigenvalue weighted by molar-refractivity contribution is 0.251. The van der Waals surface area contributed by atoms with Crippen LogP contribution in [0.4, 0.5) is 48.4 Å². The number of benzene rings is 2. The maximum atomic E-state index is 13.6. The van der Waals surface area contributed by atoms with Crippen molar-refractivity contribution in [2.24, 2.45) is 0 Å². The number of carbonyl (C=O) groups is 1.